The molecule has 35 heavy (non-hydrogen) atoms. The zero-order valence-electron chi connectivity index (χ0n) is 17.9. The molecule has 0 spiro atoms. The second-order valence-electron chi connectivity index (χ2n) is 8.17. The molecule has 1 N–H and O–H groups in total. The number of hydrogen-bond donors (Lipinski definition) is 1. The predicted molar refractivity (Wildman–Crippen MR) is 92.8 cm³/mol. The molecule has 0 aromatic carbocycles. The van der Waals surface area contributed by atoms with Crippen LogP contribution in [0.3, 0.4) is 0 Å². The highest BCUT2D eigenvalue weighted by molar-refractivity contribution is 7.89. The average molecular weight is 568 g/mol. The molecular weight excluding hydrogens is 547 g/mol. The summed E-state index contributed by atoms with van der Waals surface area (Å²) in [6.45, 7) is 2.60. The number of nitrogens with zero attached hydrogens (tertiary/aromatic N) is 1. The van der Waals surface area contributed by atoms with Gasteiger partial charge in [-0.05, 0) is 0 Å². The Balaban J connectivity index is 5.46. The van der Waals surface area contributed by atoms with Crippen LogP contribution in [0.2, 0.25) is 0 Å². The van der Waals surface area contributed by atoms with Gasteiger partial charge in [0.25, 0.3) is 0 Å². The van der Waals surface area contributed by atoms with E-state index in [4.69, 9.17) is 0 Å². The first-order valence-corrected chi connectivity index (χ1v) is 10.8. The van der Waals surface area contributed by atoms with Gasteiger partial charge in [-0.15, -0.1) is 6.58 Å². The zero-order valence-corrected chi connectivity index (χ0v) is 18.8. The summed E-state index contributed by atoms with van der Waals surface area (Å²) < 4.78 is 194. The van der Waals surface area contributed by atoms with Gasteiger partial charge in [-0.3, -0.25) is 0 Å². The summed E-state index contributed by atoms with van der Waals surface area (Å²) in [4.78, 5) is 0. The Morgan fingerprint density at radius 3 is 1.66 bits per heavy atom. The molecule has 0 aromatic rings. The lowest BCUT2D eigenvalue weighted by molar-refractivity contribution is -0.890. The fourth-order valence-corrected chi connectivity index (χ4v) is 3.71. The maximum absolute atomic E-state index is 13.7. The number of quaternary nitrogens is 1. The fourth-order valence-electron chi connectivity index (χ4n) is 2.58. The van der Waals surface area contributed by atoms with Crippen molar-refractivity contribution < 1.29 is 75.1 Å². The number of rotatable bonds is 14. The Kier molecular flexibility index (Phi) is 9.67. The Morgan fingerprint density at radius 1 is 0.829 bits per heavy atom. The standard InChI is InChI=1S/C16H21F13N2O3S/c1-10(32)9-31(2,3)7-4-6-30-35(33,34)8-5-11(17,18)12(19,20)13(21,22)14(23,24)15(25,26)16(27,28)29/h30H,1,4-9H2,2-3H3. The summed E-state index contributed by atoms with van der Waals surface area (Å²) in [5, 5.41) is 11.0. The molecular formula is C16H21F13N2O3S. The van der Waals surface area contributed by atoms with Crippen molar-refractivity contribution in [3.05, 3.63) is 12.3 Å². The van der Waals surface area contributed by atoms with Crippen molar-refractivity contribution in [1.29, 1.82) is 0 Å². The van der Waals surface area contributed by atoms with Gasteiger partial charge in [-0.25, -0.2) is 13.1 Å². The molecule has 0 aliphatic rings. The minimum atomic E-state index is -8.04. The smallest absolute Gasteiger partial charge is 0.460 e. The summed E-state index contributed by atoms with van der Waals surface area (Å²) in [7, 11) is -1.91. The van der Waals surface area contributed by atoms with Gasteiger partial charge in [0.2, 0.25) is 10.0 Å². The number of halogens is 13. The summed E-state index contributed by atoms with van der Waals surface area (Å²) >= 11 is 0. The number of alkyl halides is 13. The van der Waals surface area contributed by atoms with E-state index in [2.05, 4.69) is 6.58 Å². The third kappa shape index (κ3) is 7.27. The van der Waals surface area contributed by atoms with Gasteiger partial charge < -0.3 is 9.59 Å². The van der Waals surface area contributed by atoms with E-state index in [0.717, 1.165) is 0 Å². The van der Waals surface area contributed by atoms with E-state index in [9.17, 15) is 70.6 Å². The molecule has 0 aromatic heterocycles. The Hall–Kier alpha value is -1.50. The van der Waals surface area contributed by atoms with E-state index in [1.807, 2.05) is 0 Å². The summed E-state index contributed by atoms with van der Waals surface area (Å²) in [6, 6.07) is 0. The van der Waals surface area contributed by atoms with Crippen LogP contribution in [0, 0.1) is 0 Å². The molecule has 5 nitrogen and oxygen atoms in total. The van der Waals surface area contributed by atoms with E-state index >= 15 is 0 Å². The van der Waals surface area contributed by atoms with Crippen LogP contribution < -0.4 is 9.83 Å². The topological polar surface area (TPSA) is 69.2 Å². The van der Waals surface area contributed by atoms with Gasteiger partial charge in [-0.2, -0.15) is 57.1 Å². The molecule has 0 rings (SSSR count). The molecule has 0 saturated carbocycles. The molecule has 0 aliphatic heterocycles. The largest absolute Gasteiger partial charge is 0.872 e. The lowest BCUT2D eigenvalue weighted by atomic mass is 9.93. The zero-order chi connectivity index (χ0) is 28.5. The summed E-state index contributed by atoms with van der Waals surface area (Å²) in [6.07, 6.45) is -10.4. The van der Waals surface area contributed by atoms with Crippen molar-refractivity contribution in [3.8, 4) is 0 Å². The quantitative estimate of drug-likeness (QED) is 0.151. The normalized spacial score (nSPS) is 15.4. The molecule has 0 bridgehead atoms. The van der Waals surface area contributed by atoms with Gasteiger partial charge in [0.1, 0.15) is 0 Å². The van der Waals surface area contributed by atoms with Crippen LogP contribution in [0.25, 0.3) is 0 Å². The van der Waals surface area contributed by atoms with Crippen molar-refractivity contribution in [2.45, 2.75) is 48.6 Å². The molecule has 0 fully saturated rings. The number of likely N-dealkylation sites (N-methyl/N-ethyl adjacent to an activating group) is 1. The van der Waals surface area contributed by atoms with Crippen LogP contribution >= 0.6 is 0 Å². The maximum atomic E-state index is 13.7. The minimum Gasteiger partial charge on any atom is -0.872 e. The SMILES string of the molecule is C=C([O-])C[N+](C)(C)CCCNS(=O)(=O)CCC(F)(F)C(F)(F)C(F)(F)C(F)(F)C(F)(F)C(F)(F)F. The monoisotopic (exact) mass is 568 g/mol. The van der Waals surface area contributed by atoms with Crippen LogP contribution in [-0.2, 0) is 10.0 Å². The molecule has 0 saturated heterocycles. The van der Waals surface area contributed by atoms with E-state index in [0.29, 0.717) is 0 Å². The van der Waals surface area contributed by atoms with Crippen molar-refractivity contribution >= 4 is 10.0 Å². The number of nitrogens with one attached hydrogen (secondary N) is 1. The van der Waals surface area contributed by atoms with Crippen LogP contribution in [0.5, 0.6) is 0 Å². The van der Waals surface area contributed by atoms with Crippen molar-refractivity contribution in [1.82, 2.24) is 4.72 Å². The van der Waals surface area contributed by atoms with Crippen LogP contribution in [0.1, 0.15) is 12.8 Å². The second-order valence-corrected chi connectivity index (χ2v) is 10.1. The van der Waals surface area contributed by atoms with Gasteiger partial charge in [0, 0.05) is 19.4 Å². The van der Waals surface area contributed by atoms with Gasteiger partial charge >= 0.3 is 35.8 Å². The van der Waals surface area contributed by atoms with Gasteiger partial charge in [0.15, 0.2) is 0 Å². The van der Waals surface area contributed by atoms with E-state index < -0.39 is 70.3 Å². The first-order valence-electron chi connectivity index (χ1n) is 9.18. The molecule has 0 heterocycles. The molecule has 0 aliphatic carbocycles. The average Bonchev–Trinajstić information content (AvgIpc) is 2.61. The highest BCUT2D eigenvalue weighted by Gasteiger charge is 2.90. The van der Waals surface area contributed by atoms with Gasteiger partial charge in [0.05, 0.1) is 32.9 Å². The summed E-state index contributed by atoms with van der Waals surface area (Å²) in [5.74, 6) is -40.4. The summed E-state index contributed by atoms with van der Waals surface area (Å²) in [5.41, 5.74) is 0. The first kappa shape index (κ1) is 33.5. The third-order valence-corrected chi connectivity index (χ3v) is 5.94. The molecule has 0 radical (unpaired) electrons. The van der Waals surface area contributed by atoms with Crippen LogP contribution in [0.4, 0.5) is 57.1 Å². The highest BCUT2D eigenvalue weighted by Crippen LogP contribution is 2.60. The van der Waals surface area contributed by atoms with Crippen molar-refractivity contribution in [2.75, 3.05) is 39.5 Å². The molecule has 0 amide bonds. The number of sulfonamides is 1. The Labute approximate surface area is 191 Å². The lowest BCUT2D eigenvalue weighted by Crippen LogP contribution is -2.70. The highest BCUT2D eigenvalue weighted by atomic mass is 32.2. The van der Waals surface area contributed by atoms with Gasteiger partial charge in [-0.1, -0.05) is 5.76 Å². The number of hydrogen-bond acceptors (Lipinski definition) is 3. The van der Waals surface area contributed by atoms with Crippen molar-refractivity contribution in [3.63, 3.8) is 0 Å². The molecule has 19 heteroatoms. The lowest BCUT2D eigenvalue weighted by Gasteiger charge is -2.39. The molecule has 0 unspecified atom stereocenters. The molecule has 210 valence electrons. The van der Waals surface area contributed by atoms with Crippen molar-refractivity contribution in [2.24, 2.45) is 0 Å². The maximum Gasteiger partial charge on any atom is 0.460 e. The van der Waals surface area contributed by atoms with E-state index in [1.165, 1.54) is 14.1 Å². The van der Waals surface area contributed by atoms with Crippen LogP contribution in [-0.4, -0.2) is 88.2 Å². The molecule has 0 atom stereocenters. The van der Waals surface area contributed by atoms with Crippen LogP contribution in [0.15, 0.2) is 12.3 Å². The second kappa shape index (κ2) is 10.1. The van der Waals surface area contributed by atoms with E-state index in [1.54, 1.807) is 4.72 Å². The third-order valence-electron chi connectivity index (χ3n) is 4.55. The first-order chi connectivity index (χ1) is 15.1. The Morgan fingerprint density at radius 2 is 1.26 bits per heavy atom. The minimum absolute atomic E-state index is 0.000207. The van der Waals surface area contributed by atoms with E-state index in [-0.39, 0.29) is 24.0 Å². The predicted octanol–water partition coefficient (Wildman–Crippen LogP) is 3.38. The Bertz CT molecular complexity index is 855. The fraction of sp³-hybridized carbons (Fsp3) is 0.875.